The predicted octanol–water partition coefficient (Wildman–Crippen LogP) is 5.46. The maximum Gasteiger partial charge on any atom is 0.252 e. The fourth-order valence-electron chi connectivity index (χ4n) is 3.61. The number of carbonyl (C=O) groups is 1. The highest BCUT2D eigenvalue weighted by Gasteiger charge is 2.18. The van der Waals surface area contributed by atoms with Crippen LogP contribution >= 0.6 is 0 Å². The highest BCUT2D eigenvalue weighted by atomic mass is 16.5. The van der Waals surface area contributed by atoms with E-state index in [1.165, 1.54) is 5.56 Å². The molecule has 0 saturated heterocycles. The first-order valence-electron chi connectivity index (χ1n) is 9.94. The van der Waals surface area contributed by atoms with Crippen molar-refractivity contribution in [2.45, 2.75) is 20.4 Å². The lowest BCUT2D eigenvalue weighted by atomic mass is 9.96. The van der Waals surface area contributed by atoms with Gasteiger partial charge in [-0.05, 0) is 43.2 Å². The van der Waals surface area contributed by atoms with Crippen LogP contribution in [0.15, 0.2) is 72.8 Å². The number of ether oxygens (including phenoxy) is 1. The maximum atomic E-state index is 13.2. The molecule has 4 aromatic rings. The first-order valence-corrected chi connectivity index (χ1v) is 9.94. The molecule has 4 rings (SSSR count). The highest BCUT2D eigenvalue weighted by Crippen LogP contribution is 2.30. The Kier molecular flexibility index (Phi) is 5.48. The number of hydrogen-bond donors (Lipinski definition) is 1. The number of amides is 1. The summed E-state index contributed by atoms with van der Waals surface area (Å²) in [5, 5.41) is 3.93. The zero-order chi connectivity index (χ0) is 21.1. The van der Waals surface area contributed by atoms with Gasteiger partial charge < -0.3 is 10.1 Å². The highest BCUT2D eigenvalue weighted by molar-refractivity contribution is 6.08. The van der Waals surface area contributed by atoms with E-state index in [1.807, 2.05) is 55.5 Å². The number of nitrogens with one attached hydrogen (secondary N) is 1. The normalized spacial score (nSPS) is 10.8. The lowest BCUT2D eigenvalue weighted by Gasteiger charge is -2.15. The van der Waals surface area contributed by atoms with Crippen LogP contribution in [0.4, 0.5) is 0 Å². The van der Waals surface area contributed by atoms with E-state index in [0.29, 0.717) is 12.1 Å². The van der Waals surface area contributed by atoms with Crippen LogP contribution in [0.25, 0.3) is 22.2 Å². The van der Waals surface area contributed by atoms with Gasteiger partial charge >= 0.3 is 0 Å². The lowest BCUT2D eigenvalue weighted by molar-refractivity contribution is 0.0952. The number of pyridine rings is 1. The first kappa shape index (κ1) is 19.6. The van der Waals surface area contributed by atoms with Gasteiger partial charge in [0.2, 0.25) is 0 Å². The second kappa shape index (κ2) is 8.37. The van der Waals surface area contributed by atoms with Crippen LogP contribution < -0.4 is 10.1 Å². The number of hydrogen-bond acceptors (Lipinski definition) is 3. The molecule has 150 valence electrons. The second-order valence-electron chi connectivity index (χ2n) is 7.37. The van der Waals surface area contributed by atoms with Crippen LogP contribution in [0, 0.1) is 13.8 Å². The number of rotatable bonds is 5. The van der Waals surface area contributed by atoms with E-state index in [1.54, 1.807) is 7.11 Å². The number of aryl methyl sites for hydroxylation is 1. The van der Waals surface area contributed by atoms with E-state index >= 15 is 0 Å². The minimum atomic E-state index is -0.102. The van der Waals surface area contributed by atoms with E-state index in [2.05, 4.69) is 36.5 Å². The van der Waals surface area contributed by atoms with Crippen molar-refractivity contribution in [2.24, 2.45) is 0 Å². The van der Waals surface area contributed by atoms with Gasteiger partial charge in [-0.2, -0.15) is 0 Å². The number of para-hydroxylation sites is 1. The monoisotopic (exact) mass is 396 g/mol. The molecule has 0 aliphatic carbocycles. The number of aromatic nitrogens is 1. The molecular formula is C26H24N2O2. The maximum absolute atomic E-state index is 13.2. The van der Waals surface area contributed by atoms with Gasteiger partial charge in [0.05, 0.1) is 23.9 Å². The molecule has 4 nitrogen and oxygen atoms in total. The van der Waals surface area contributed by atoms with Gasteiger partial charge in [-0.25, -0.2) is 4.98 Å². The van der Waals surface area contributed by atoms with Gasteiger partial charge in [0.15, 0.2) is 0 Å². The number of nitrogens with zero attached hydrogens (tertiary/aromatic N) is 1. The van der Waals surface area contributed by atoms with Gasteiger partial charge in [-0.15, -0.1) is 0 Å². The molecule has 0 aliphatic heterocycles. The SMILES string of the molecule is COc1ccc(CNC(=O)c2c(C)c(-c3ccc(C)cc3)nc3ccccc23)cc1. The van der Waals surface area contributed by atoms with Crippen LogP contribution in [-0.2, 0) is 6.54 Å². The predicted molar refractivity (Wildman–Crippen MR) is 121 cm³/mol. The third-order valence-corrected chi connectivity index (χ3v) is 5.30. The number of fused-ring (bicyclic) bond motifs is 1. The van der Waals surface area contributed by atoms with Crippen LogP contribution in [0.1, 0.15) is 27.0 Å². The Hall–Kier alpha value is -3.66. The summed E-state index contributed by atoms with van der Waals surface area (Å²) in [5.41, 5.74) is 6.41. The molecule has 0 fully saturated rings. The van der Waals surface area contributed by atoms with E-state index in [4.69, 9.17) is 9.72 Å². The van der Waals surface area contributed by atoms with Gasteiger partial charge in [0, 0.05) is 17.5 Å². The Labute approximate surface area is 176 Å². The van der Waals surface area contributed by atoms with E-state index in [-0.39, 0.29) is 5.91 Å². The van der Waals surface area contributed by atoms with Gasteiger partial charge in [-0.1, -0.05) is 60.2 Å². The second-order valence-corrected chi connectivity index (χ2v) is 7.37. The molecule has 0 aliphatic rings. The average Bonchev–Trinajstić information content (AvgIpc) is 2.78. The molecule has 1 heterocycles. The van der Waals surface area contributed by atoms with Crippen molar-refractivity contribution in [1.29, 1.82) is 0 Å². The van der Waals surface area contributed by atoms with E-state index in [9.17, 15) is 4.79 Å². The summed E-state index contributed by atoms with van der Waals surface area (Å²) in [5.74, 6) is 0.694. The number of benzene rings is 3. The average molecular weight is 396 g/mol. The molecule has 0 radical (unpaired) electrons. The Morgan fingerprint density at radius 3 is 2.33 bits per heavy atom. The Bertz CT molecular complexity index is 1200. The minimum Gasteiger partial charge on any atom is -0.497 e. The number of methoxy groups -OCH3 is 1. The van der Waals surface area contributed by atoms with Crippen molar-refractivity contribution >= 4 is 16.8 Å². The van der Waals surface area contributed by atoms with Crippen molar-refractivity contribution in [2.75, 3.05) is 7.11 Å². The molecular weight excluding hydrogens is 372 g/mol. The molecule has 3 aromatic carbocycles. The molecule has 0 saturated carbocycles. The number of carbonyl (C=O) groups excluding carboxylic acids is 1. The summed E-state index contributed by atoms with van der Waals surface area (Å²) >= 11 is 0. The standard InChI is InChI=1S/C26H24N2O2/c1-17-8-12-20(13-9-17)25-18(2)24(22-6-4-5-7-23(22)28-25)26(29)27-16-19-10-14-21(30-3)15-11-19/h4-15H,16H2,1-3H3,(H,27,29). The minimum absolute atomic E-state index is 0.102. The van der Waals surface area contributed by atoms with Crippen molar-refractivity contribution in [3.8, 4) is 17.0 Å². The van der Waals surface area contributed by atoms with Crippen LogP contribution in [0.2, 0.25) is 0 Å². The molecule has 1 amide bonds. The summed E-state index contributed by atoms with van der Waals surface area (Å²) in [6.07, 6.45) is 0. The molecule has 1 aromatic heterocycles. The molecule has 4 heteroatoms. The van der Waals surface area contributed by atoms with Crippen LogP contribution in [-0.4, -0.2) is 18.0 Å². The van der Waals surface area contributed by atoms with Gasteiger partial charge in [-0.3, -0.25) is 4.79 Å². The summed E-state index contributed by atoms with van der Waals surface area (Å²) in [6, 6.07) is 23.7. The quantitative estimate of drug-likeness (QED) is 0.487. The molecule has 0 spiro atoms. The Morgan fingerprint density at radius 2 is 1.63 bits per heavy atom. The molecule has 0 unspecified atom stereocenters. The van der Waals surface area contributed by atoms with E-state index in [0.717, 1.165) is 39.0 Å². The topological polar surface area (TPSA) is 51.2 Å². The fourth-order valence-corrected chi connectivity index (χ4v) is 3.61. The van der Waals surface area contributed by atoms with Gasteiger partial charge in [0.25, 0.3) is 5.91 Å². The Balaban J connectivity index is 1.71. The van der Waals surface area contributed by atoms with Crippen molar-refractivity contribution < 1.29 is 9.53 Å². The van der Waals surface area contributed by atoms with Crippen molar-refractivity contribution in [1.82, 2.24) is 10.3 Å². The summed E-state index contributed by atoms with van der Waals surface area (Å²) in [6.45, 7) is 4.47. The largest absolute Gasteiger partial charge is 0.497 e. The van der Waals surface area contributed by atoms with Crippen molar-refractivity contribution in [3.63, 3.8) is 0 Å². The zero-order valence-electron chi connectivity index (χ0n) is 17.4. The third-order valence-electron chi connectivity index (χ3n) is 5.30. The van der Waals surface area contributed by atoms with Crippen LogP contribution in [0.3, 0.4) is 0 Å². The molecule has 0 atom stereocenters. The van der Waals surface area contributed by atoms with Gasteiger partial charge in [0.1, 0.15) is 5.75 Å². The summed E-state index contributed by atoms with van der Waals surface area (Å²) < 4.78 is 5.20. The molecule has 0 bridgehead atoms. The zero-order valence-corrected chi connectivity index (χ0v) is 17.4. The lowest BCUT2D eigenvalue weighted by Crippen LogP contribution is -2.24. The molecule has 30 heavy (non-hydrogen) atoms. The Morgan fingerprint density at radius 1 is 0.933 bits per heavy atom. The van der Waals surface area contributed by atoms with E-state index < -0.39 is 0 Å². The summed E-state index contributed by atoms with van der Waals surface area (Å²) in [4.78, 5) is 18.1. The van der Waals surface area contributed by atoms with Crippen LogP contribution in [0.5, 0.6) is 5.75 Å². The first-order chi connectivity index (χ1) is 14.6. The fraction of sp³-hybridized carbons (Fsp3) is 0.154. The third kappa shape index (κ3) is 3.90. The van der Waals surface area contributed by atoms with Crippen molar-refractivity contribution in [3.05, 3.63) is 95.1 Å². The smallest absolute Gasteiger partial charge is 0.252 e. The molecule has 1 N–H and O–H groups in total. The summed E-state index contributed by atoms with van der Waals surface area (Å²) in [7, 11) is 1.64.